The molecule has 5 nitrogen and oxygen atoms in total. The molecule has 0 atom stereocenters. The number of ether oxygens (including phenoxy) is 1. The molecule has 0 saturated heterocycles. The molecule has 0 aliphatic carbocycles. The van der Waals surface area contributed by atoms with Crippen LogP contribution in [0.1, 0.15) is 13.3 Å². The summed E-state index contributed by atoms with van der Waals surface area (Å²) in [6, 6.07) is 7.49. The summed E-state index contributed by atoms with van der Waals surface area (Å²) in [5, 5.41) is 7.44. The van der Waals surface area contributed by atoms with E-state index in [0.29, 0.717) is 12.3 Å². The number of rotatable bonds is 5. The van der Waals surface area contributed by atoms with Gasteiger partial charge in [0, 0.05) is 42.8 Å². The highest BCUT2D eigenvalue weighted by Gasteiger charge is 2.02. The smallest absolute Gasteiger partial charge is 0.152 e. The van der Waals surface area contributed by atoms with Crippen molar-refractivity contribution in [2.75, 3.05) is 17.7 Å². The molecule has 0 unspecified atom stereocenters. The largest absolute Gasteiger partial charge is 0.493 e. The zero-order chi connectivity index (χ0) is 13.0. The number of hydrogen-bond donors (Lipinski definition) is 2. The van der Waals surface area contributed by atoms with Crippen LogP contribution in [0.5, 0.6) is 5.75 Å². The molecule has 96 valence electrons. The van der Waals surface area contributed by atoms with Crippen molar-refractivity contribution in [1.82, 2.24) is 9.78 Å². The molecule has 0 fully saturated rings. The summed E-state index contributed by atoms with van der Waals surface area (Å²) in [4.78, 5) is 0. The van der Waals surface area contributed by atoms with Gasteiger partial charge in [-0.15, -0.1) is 0 Å². The second-order valence-corrected chi connectivity index (χ2v) is 4.14. The van der Waals surface area contributed by atoms with Gasteiger partial charge in [0.25, 0.3) is 0 Å². The van der Waals surface area contributed by atoms with Crippen LogP contribution in [-0.2, 0) is 7.05 Å². The van der Waals surface area contributed by atoms with Gasteiger partial charge in [0.1, 0.15) is 5.75 Å². The Labute approximate surface area is 107 Å². The number of benzene rings is 1. The molecule has 0 aliphatic rings. The summed E-state index contributed by atoms with van der Waals surface area (Å²) in [5.41, 5.74) is 7.39. The van der Waals surface area contributed by atoms with Crippen molar-refractivity contribution in [3.8, 4) is 5.75 Å². The third-order valence-corrected chi connectivity index (χ3v) is 2.39. The van der Waals surface area contributed by atoms with E-state index in [1.807, 2.05) is 37.5 Å². The molecule has 2 rings (SSSR count). The molecule has 5 heteroatoms. The minimum atomic E-state index is 0.669. The van der Waals surface area contributed by atoms with Crippen LogP contribution in [0.4, 0.5) is 17.2 Å². The summed E-state index contributed by atoms with van der Waals surface area (Å²) in [6.45, 7) is 2.76. The molecular weight excluding hydrogens is 228 g/mol. The average molecular weight is 246 g/mol. The van der Waals surface area contributed by atoms with Gasteiger partial charge in [-0.2, -0.15) is 5.10 Å². The number of hydrogen-bond acceptors (Lipinski definition) is 4. The Hall–Kier alpha value is -2.17. The second kappa shape index (κ2) is 5.44. The first kappa shape index (κ1) is 12.3. The van der Waals surface area contributed by atoms with Crippen molar-refractivity contribution in [3.63, 3.8) is 0 Å². The fourth-order valence-corrected chi connectivity index (χ4v) is 1.63. The normalized spacial score (nSPS) is 10.3. The van der Waals surface area contributed by atoms with E-state index >= 15 is 0 Å². The minimum absolute atomic E-state index is 0.669. The molecule has 0 aliphatic heterocycles. The molecule has 0 amide bonds. The summed E-state index contributed by atoms with van der Waals surface area (Å²) >= 11 is 0. The maximum Gasteiger partial charge on any atom is 0.152 e. The van der Waals surface area contributed by atoms with Crippen molar-refractivity contribution in [1.29, 1.82) is 0 Å². The average Bonchev–Trinajstić information content (AvgIpc) is 2.71. The fraction of sp³-hybridized carbons (Fsp3) is 0.308. The highest BCUT2D eigenvalue weighted by atomic mass is 16.5. The van der Waals surface area contributed by atoms with E-state index in [9.17, 15) is 0 Å². The Morgan fingerprint density at radius 2 is 2.22 bits per heavy atom. The number of aromatic nitrogens is 2. The van der Waals surface area contributed by atoms with Crippen LogP contribution >= 0.6 is 0 Å². The predicted octanol–water partition coefficient (Wildman–Crippen LogP) is 2.53. The summed E-state index contributed by atoms with van der Waals surface area (Å²) in [5.74, 6) is 1.56. The first-order valence-electron chi connectivity index (χ1n) is 5.97. The van der Waals surface area contributed by atoms with E-state index in [1.54, 1.807) is 4.68 Å². The molecular formula is C13H18N4O. The second-order valence-electron chi connectivity index (χ2n) is 4.14. The maximum atomic E-state index is 5.84. The number of aryl methyl sites for hydroxylation is 1. The lowest BCUT2D eigenvalue weighted by Crippen LogP contribution is -1.99. The van der Waals surface area contributed by atoms with Gasteiger partial charge in [0.2, 0.25) is 0 Å². The lowest BCUT2D eigenvalue weighted by atomic mass is 10.2. The predicted molar refractivity (Wildman–Crippen MR) is 73.1 cm³/mol. The quantitative estimate of drug-likeness (QED) is 0.796. The molecule has 18 heavy (non-hydrogen) atoms. The van der Waals surface area contributed by atoms with E-state index in [1.165, 1.54) is 0 Å². The summed E-state index contributed by atoms with van der Waals surface area (Å²) in [7, 11) is 1.88. The SMILES string of the molecule is CCCOc1cc(N)cc(Nc2ccn(C)n2)c1. The highest BCUT2D eigenvalue weighted by Crippen LogP contribution is 2.24. The van der Waals surface area contributed by atoms with E-state index < -0.39 is 0 Å². The molecule has 1 aromatic heterocycles. The molecule has 0 radical (unpaired) electrons. The first-order valence-corrected chi connectivity index (χ1v) is 5.97. The molecule has 3 N–H and O–H groups in total. The van der Waals surface area contributed by atoms with Gasteiger partial charge >= 0.3 is 0 Å². The molecule has 0 spiro atoms. The van der Waals surface area contributed by atoms with Gasteiger partial charge in [0.05, 0.1) is 6.61 Å². The van der Waals surface area contributed by atoms with Crippen LogP contribution in [-0.4, -0.2) is 16.4 Å². The number of nitrogens with zero attached hydrogens (tertiary/aromatic N) is 2. The van der Waals surface area contributed by atoms with E-state index in [0.717, 1.165) is 23.7 Å². The van der Waals surface area contributed by atoms with E-state index in [-0.39, 0.29) is 0 Å². The van der Waals surface area contributed by atoms with Gasteiger partial charge in [-0.05, 0) is 12.5 Å². The third kappa shape index (κ3) is 3.16. The Morgan fingerprint density at radius 3 is 2.89 bits per heavy atom. The number of nitrogen functional groups attached to an aromatic ring is 1. The van der Waals surface area contributed by atoms with Crippen LogP contribution in [0, 0.1) is 0 Å². The van der Waals surface area contributed by atoms with Crippen LogP contribution in [0.2, 0.25) is 0 Å². The third-order valence-electron chi connectivity index (χ3n) is 2.39. The van der Waals surface area contributed by atoms with Crippen LogP contribution in [0.25, 0.3) is 0 Å². The van der Waals surface area contributed by atoms with Crippen molar-refractivity contribution in [2.45, 2.75) is 13.3 Å². The van der Waals surface area contributed by atoms with Gasteiger partial charge in [-0.25, -0.2) is 0 Å². The van der Waals surface area contributed by atoms with Gasteiger partial charge < -0.3 is 15.8 Å². The van der Waals surface area contributed by atoms with Crippen LogP contribution < -0.4 is 15.8 Å². The Morgan fingerprint density at radius 1 is 1.39 bits per heavy atom. The van der Waals surface area contributed by atoms with Crippen molar-refractivity contribution in [3.05, 3.63) is 30.5 Å². The van der Waals surface area contributed by atoms with Gasteiger partial charge in [-0.1, -0.05) is 6.92 Å². The Bertz CT molecular complexity index is 521. The van der Waals surface area contributed by atoms with Gasteiger partial charge in [-0.3, -0.25) is 4.68 Å². The van der Waals surface area contributed by atoms with Gasteiger partial charge in [0.15, 0.2) is 5.82 Å². The molecule has 0 bridgehead atoms. The minimum Gasteiger partial charge on any atom is -0.493 e. The molecule has 2 aromatic rings. The molecule has 1 heterocycles. The van der Waals surface area contributed by atoms with Crippen molar-refractivity contribution < 1.29 is 4.74 Å². The highest BCUT2D eigenvalue weighted by molar-refractivity contribution is 5.64. The zero-order valence-corrected chi connectivity index (χ0v) is 10.7. The molecule has 0 saturated carbocycles. The maximum absolute atomic E-state index is 5.84. The lowest BCUT2D eigenvalue weighted by Gasteiger charge is -2.09. The standard InChI is InChI=1S/C13H18N4O/c1-3-6-18-12-8-10(14)7-11(9-12)15-13-4-5-17(2)16-13/h4-5,7-9H,3,6,14H2,1-2H3,(H,15,16). The topological polar surface area (TPSA) is 65.1 Å². The Balaban J connectivity index is 2.14. The van der Waals surface area contributed by atoms with Crippen molar-refractivity contribution >= 4 is 17.2 Å². The number of nitrogens with two attached hydrogens (primary N) is 1. The fourth-order valence-electron chi connectivity index (χ4n) is 1.63. The first-order chi connectivity index (χ1) is 8.67. The Kier molecular flexibility index (Phi) is 3.72. The summed E-state index contributed by atoms with van der Waals surface area (Å²) < 4.78 is 7.31. The molecule has 1 aromatic carbocycles. The monoisotopic (exact) mass is 246 g/mol. The number of anilines is 3. The van der Waals surface area contributed by atoms with Crippen molar-refractivity contribution in [2.24, 2.45) is 7.05 Å². The van der Waals surface area contributed by atoms with Crippen LogP contribution in [0.15, 0.2) is 30.5 Å². The zero-order valence-electron chi connectivity index (χ0n) is 10.7. The van der Waals surface area contributed by atoms with E-state index in [2.05, 4.69) is 17.3 Å². The summed E-state index contributed by atoms with van der Waals surface area (Å²) in [6.07, 6.45) is 2.85. The van der Waals surface area contributed by atoms with Crippen LogP contribution in [0.3, 0.4) is 0 Å². The van der Waals surface area contributed by atoms with E-state index in [4.69, 9.17) is 10.5 Å². The number of nitrogens with one attached hydrogen (secondary N) is 1. The lowest BCUT2D eigenvalue weighted by molar-refractivity contribution is 0.318.